The molecule has 0 unspecified atom stereocenters. The first-order valence-corrected chi connectivity index (χ1v) is 4.88. The third-order valence-electron chi connectivity index (χ3n) is 2.54. The van der Waals surface area contributed by atoms with Crippen LogP contribution in [0.5, 0.6) is 0 Å². The van der Waals surface area contributed by atoms with E-state index in [0.29, 0.717) is 5.56 Å². The molecule has 4 nitrogen and oxygen atoms in total. The maximum absolute atomic E-state index is 11.3. The number of nitriles is 1. The maximum atomic E-state index is 11.3. The summed E-state index contributed by atoms with van der Waals surface area (Å²) in [6.45, 7) is 1.90. The summed E-state index contributed by atoms with van der Waals surface area (Å²) >= 11 is 0. The lowest BCUT2D eigenvalue weighted by Crippen LogP contribution is -2.18. The second-order valence-electron chi connectivity index (χ2n) is 3.49. The van der Waals surface area contributed by atoms with Crippen molar-refractivity contribution in [2.45, 2.75) is 13.0 Å². The highest BCUT2D eigenvalue weighted by molar-refractivity contribution is 5.32. The minimum absolute atomic E-state index is 0.0982. The Morgan fingerprint density at radius 3 is 2.56 bits per heavy atom. The lowest BCUT2D eigenvalue weighted by molar-refractivity contribution is 0.465. The Morgan fingerprint density at radius 2 is 2.06 bits per heavy atom. The Hall–Kier alpha value is -2.28. The Balaban J connectivity index is 2.35. The van der Waals surface area contributed by atoms with Crippen LogP contribution in [0.25, 0.3) is 0 Å². The van der Waals surface area contributed by atoms with Gasteiger partial charge in [-0.3, -0.25) is 4.57 Å². The van der Waals surface area contributed by atoms with Gasteiger partial charge in [-0.2, -0.15) is 5.26 Å². The molecule has 80 valence electrons. The van der Waals surface area contributed by atoms with E-state index < -0.39 is 0 Å². The molecule has 1 heterocycles. The van der Waals surface area contributed by atoms with Gasteiger partial charge in [0.1, 0.15) is 6.26 Å². The number of oxazole rings is 1. The van der Waals surface area contributed by atoms with Crippen LogP contribution in [0, 0.1) is 11.3 Å². The monoisotopic (exact) mass is 214 g/mol. The van der Waals surface area contributed by atoms with E-state index >= 15 is 0 Å². The maximum Gasteiger partial charge on any atom is 0.419 e. The fraction of sp³-hybridized carbons (Fsp3) is 0.167. The summed E-state index contributed by atoms with van der Waals surface area (Å²) in [5.74, 6) is -0.378. The number of aromatic nitrogens is 1. The van der Waals surface area contributed by atoms with Gasteiger partial charge in [-0.15, -0.1) is 0 Å². The highest BCUT2D eigenvalue weighted by Crippen LogP contribution is 2.16. The van der Waals surface area contributed by atoms with Crippen molar-refractivity contribution in [3.05, 3.63) is 58.4 Å². The van der Waals surface area contributed by atoms with Gasteiger partial charge >= 0.3 is 5.76 Å². The second-order valence-corrected chi connectivity index (χ2v) is 3.49. The van der Waals surface area contributed by atoms with Crippen LogP contribution in [0.3, 0.4) is 0 Å². The van der Waals surface area contributed by atoms with E-state index in [9.17, 15) is 4.79 Å². The number of benzene rings is 1. The lowest BCUT2D eigenvalue weighted by atomic mass is 10.1. The zero-order chi connectivity index (χ0) is 11.5. The van der Waals surface area contributed by atoms with E-state index in [2.05, 4.69) is 6.07 Å². The van der Waals surface area contributed by atoms with E-state index in [1.165, 1.54) is 10.8 Å². The van der Waals surface area contributed by atoms with Gasteiger partial charge in [-0.25, -0.2) is 4.79 Å². The lowest BCUT2D eigenvalue weighted by Gasteiger charge is -2.11. The molecule has 0 radical (unpaired) electrons. The molecule has 16 heavy (non-hydrogen) atoms. The van der Waals surface area contributed by atoms with E-state index in [1.54, 1.807) is 18.3 Å². The molecule has 0 saturated carbocycles. The molecule has 0 aliphatic carbocycles. The number of rotatable bonds is 2. The van der Waals surface area contributed by atoms with Crippen molar-refractivity contribution in [1.82, 2.24) is 4.57 Å². The fourth-order valence-electron chi connectivity index (χ4n) is 1.56. The van der Waals surface area contributed by atoms with Gasteiger partial charge in [0, 0.05) is 6.20 Å². The summed E-state index contributed by atoms with van der Waals surface area (Å²) in [6.07, 6.45) is 2.97. The normalized spacial score (nSPS) is 12.0. The fourth-order valence-corrected chi connectivity index (χ4v) is 1.56. The van der Waals surface area contributed by atoms with Gasteiger partial charge in [0.05, 0.1) is 17.7 Å². The summed E-state index contributed by atoms with van der Waals surface area (Å²) in [7, 11) is 0. The van der Waals surface area contributed by atoms with Crippen LogP contribution in [0.4, 0.5) is 0 Å². The van der Waals surface area contributed by atoms with Crippen LogP contribution < -0.4 is 5.76 Å². The van der Waals surface area contributed by atoms with Crippen molar-refractivity contribution in [2.24, 2.45) is 0 Å². The first kappa shape index (κ1) is 10.2. The van der Waals surface area contributed by atoms with Crippen molar-refractivity contribution in [1.29, 1.82) is 5.26 Å². The van der Waals surface area contributed by atoms with Crippen molar-refractivity contribution < 1.29 is 4.42 Å². The minimum Gasteiger partial charge on any atom is -0.416 e. The molecule has 1 aromatic carbocycles. The van der Waals surface area contributed by atoms with E-state index in [4.69, 9.17) is 9.68 Å². The van der Waals surface area contributed by atoms with Crippen LogP contribution in [0.1, 0.15) is 24.1 Å². The molecule has 1 atom stereocenters. The highest BCUT2D eigenvalue weighted by atomic mass is 16.4. The van der Waals surface area contributed by atoms with Crippen LogP contribution in [-0.4, -0.2) is 4.57 Å². The van der Waals surface area contributed by atoms with Crippen LogP contribution >= 0.6 is 0 Å². The Labute approximate surface area is 92.4 Å². The summed E-state index contributed by atoms with van der Waals surface area (Å²) in [5, 5.41) is 8.67. The highest BCUT2D eigenvalue weighted by Gasteiger charge is 2.10. The van der Waals surface area contributed by atoms with Crippen molar-refractivity contribution >= 4 is 0 Å². The number of hydrogen-bond acceptors (Lipinski definition) is 3. The first-order valence-electron chi connectivity index (χ1n) is 4.88. The quantitative estimate of drug-likeness (QED) is 0.767. The number of nitrogens with zero attached hydrogens (tertiary/aromatic N) is 2. The summed E-state index contributed by atoms with van der Waals surface area (Å²) in [4.78, 5) is 11.3. The van der Waals surface area contributed by atoms with Gasteiger partial charge in [0.2, 0.25) is 0 Å². The number of hydrogen-bond donors (Lipinski definition) is 0. The first-order chi connectivity index (χ1) is 7.72. The molecule has 0 aliphatic rings. The van der Waals surface area contributed by atoms with Crippen LogP contribution in [0.2, 0.25) is 0 Å². The molecular weight excluding hydrogens is 204 g/mol. The molecule has 0 spiro atoms. The zero-order valence-corrected chi connectivity index (χ0v) is 8.75. The van der Waals surface area contributed by atoms with Gasteiger partial charge in [0.15, 0.2) is 0 Å². The van der Waals surface area contributed by atoms with Crippen LogP contribution in [-0.2, 0) is 0 Å². The third-order valence-corrected chi connectivity index (χ3v) is 2.54. The summed E-state index contributed by atoms with van der Waals surface area (Å²) in [6, 6.07) is 9.09. The van der Waals surface area contributed by atoms with Gasteiger partial charge in [-0.05, 0) is 24.6 Å². The van der Waals surface area contributed by atoms with E-state index in [-0.39, 0.29) is 11.8 Å². The molecule has 1 aromatic heterocycles. The average molecular weight is 214 g/mol. The molecule has 0 saturated heterocycles. The average Bonchev–Trinajstić information content (AvgIpc) is 2.75. The molecular formula is C12H10N2O2. The standard InChI is InChI=1S/C12H10N2O2/c1-9(14-6-7-16-12(14)15)11-4-2-10(8-13)3-5-11/h2-7,9H,1H3/t9-/m1/s1. The SMILES string of the molecule is C[C@H](c1ccc(C#N)cc1)n1ccoc1=O. The predicted octanol–water partition coefficient (Wildman–Crippen LogP) is 1.92. The smallest absolute Gasteiger partial charge is 0.416 e. The minimum atomic E-state index is -0.378. The zero-order valence-electron chi connectivity index (χ0n) is 8.75. The van der Waals surface area contributed by atoms with E-state index in [1.807, 2.05) is 19.1 Å². The second kappa shape index (κ2) is 4.07. The molecule has 4 heteroatoms. The molecule has 0 fully saturated rings. The largest absolute Gasteiger partial charge is 0.419 e. The topological polar surface area (TPSA) is 58.9 Å². The van der Waals surface area contributed by atoms with Gasteiger partial charge in [-0.1, -0.05) is 12.1 Å². The molecule has 0 N–H and O–H groups in total. The molecule has 2 rings (SSSR count). The van der Waals surface area contributed by atoms with Crippen molar-refractivity contribution in [3.8, 4) is 6.07 Å². The van der Waals surface area contributed by atoms with E-state index in [0.717, 1.165) is 5.56 Å². The third kappa shape index (κ3) is 1.75. The molecule has 0 bridgehead atoms. The Bertz CT molecular complexity index is 572. The summed E-state index contributed by atoms with van der Waals surface area (Å²) < 4.78 is 6.21. The van der Waals surface area contributed by atoms with Crippen molar-refractivity contribution in [2.75, 3.05) is 0 Å². The van der Waals surface area contributed by atoms with Crippen molar-refractivity contribution in [3.63, 3.8) is 0 Å². The van der Waals surface area contributed by atoms with Gasteiger partial charge in [0.25, 0.3) is 0 Å². The molecule has 0 amide bonds. The Kier molecular flexibility index (Phi) is 2.61. The summed E-state index contributed by atoms with van der Waals surface area (Å²) in [5.41, 5.74) is 1.57. The molecule has 0 aliphatic heterocycles. The Morgan fingerprint density at radius 1 is 1.38 bits per heavy atom. The molecule has 2 aromatic rings. The predicted molar refractivity (Wildman–Crippen MR) is 57.9 cm³/mol. The van der Waals surface area contributed by atoms with Crippen LogP contribution in [0.15, 0.2) is 45.9 Å². The van der Waals surface area contributed by atoms with Gasteiger partial charge < -0.3 is 4.42 Å².